The van der Waals surface area contributed by atoms with Gasteiger partial charge in [0.05, 0.1) is 42.7 Å². The van der Waals surface area contributed by atoms with Crippen LogP contribution in [0.5, 0.6) is 0 Å². The zero-order valence-corrected chi connectivity index (χ0v) is 15.0. The van der Waals surface area contributed by atoms with Gasteiger partial charge < -0.3 is 19.8 Å². The number of ether oxygens (including phenoxy) is 1. The topological polar surface area (TPSA) is 116 Å². The van der Waals surface area contributed by atoms with Crippen molar-refractivity contribution < 1.29 is 32.9 Å². The normalized spacial score (nSPS) is 28.5. The van der Waals surface area contributed by atoms with Crippen molar-refractivity contribution >= 4 is 11.7 Å². The van der Waals surface area contributed by atoms with Crippen LogP contribution in [0.25, 0.3) is 0 Å². The Morgan fingerprint density at radius 1 is 1.32 bits per heavy atom. The highest BCUT2D eigenvalue weighted by molar-refractivity contribution is 5.70. The standard InChI is InChI=1S/C17H22F3N3O5/c18-17(19,20)14-13(6-21-22-15(14)25)23-7-11(24)5-10(23)8-28-12-3-1-9(2-4-12)16(26)27/h6,9-12,24H,1-5,7-8H2,(H,22,25)(H,26,27)/t9?,10-,11+,12?/m0/s1. The van der Waals surface area contributed by atoms with Crippen molar-refractivity contribution in [3.05, 3.63) is 22.1 Å². The molecule has 11 heteroatoms. The monoisotopic (exact) mass is 405 g/mol. The number of β-amino-alcohol motifs (C(OH)–C–C–N with tert-alkyl or cyclic N) is 1. The minimum absolute atomic E-state index is 0.0615. The molecule has 28 heavy (non-hydrogen) atoms. The first kappa shape index (κ1) is 20.6. The third kappa shape index (κ3) is 4.46. The summed E-state index contributed by atoms with van der Waals surface area (Å²) in [5.41, 5.74) is -3.06. The smallest absolute Gasteiger partial charge is 0.423 e. The van der Waals surface area contributed by atoms with Gasteiger partial charge in [0.2, 0.25) is 0 Å². The zero-order chi connectivity index (χ0) is 20.5. The number of aromatic amines is 1. The van der Waals surface area contributed by atoms with Crippen molar-refractivity contribution in [2.45, 2.75) is 56.5 Å². The number of hydrogen-bond acceptors (Lipinski definition) is 6. The van der Waals surface area contributed by atoms with E-state index in [0.717, 1.165) is 6.20 Å². The van der Waals surface area contributed by atoms with E-state index in [1.54, 1.807) is 5.10 Å². The van der Waals surface area contributed by atoms with Crippen LogP contribution in [0.1, 0.15) is 37.7 Å². The molecule has 156 valence electrons. The first-order valence-electron chi connectivity index (χ1n) is 9.10. The number of carboxylic acids is 1. The van der Waals surface area contributed by atoms with Gasteiger partial charge in [0.1, 0.15) is 5.56 Å². The predicted molar refractivity (Wildman–Crippen MR) is 91.0 cm³/mol. The molecule has 0 amide bonds. The summed E-state index contributed by atoms with van der Waals surface area (Å²) in [7, 11) is 0. The van der Waals surface area contributed by atoms with Crippen molar-refractivity contribution in [1.82, 2.24) is 10.2 Å². The third-order valence-corrected chi connectivity index (χ3v) is 5.37. The Morgan fingerprint density at radius 3 is 2.61 bits per heavy atom. The summed E-state index contributed by atoms with van der Waals surface area (Å²) in [6, 6.07) is -0.545. The molecule has 0 aromatic carbocycles. The van der Waals surface area contributed by atoms with Crippen LogP contribution >= 0.6 is 0 Å². The van der Waals surface area contributed by atoms with E-state index in [4.69, 9.17) is 9.84 Å². The molecule has 2 atom stereocenters. The van der Waals surface area contributed by atoms with Gasteiger partial charge in [0, 0.05) is 6.54 Å². The summed E-state index contributed by atoms with van der Waals surface area (Å²) >= 11 is 0. The molecule has 2 heterocycles. The number of carboxylic acid groups (broad SMARTS) is 1. The maximum absolute atomic E-state index is 13.3. The molecule has 0 unspecified atom stereocenters. The molecule has 2 fully saturated rings. The highest BCUT2D eigenvalue weighted by Crippen LogP contribution is 2.36. The molecule has 3 N–H and O–H groups in total. The average molecular weight is 405 g/mol. The van der Waals surface area contributed by atoms with Crippen LogP contribution in [0.2, 0.25) is 0 Å². The second-order valence-electron chi connectivity index (χ2n) is 7.30. The van der Waals surface area contributed by atoms with Gasteiger partial charge in [-0.15, -0.1) is 0 Å². The summed E-state index contributed by atoms with van der Waals surface area (Å²) in [5.74, 6) is -1.22. The predicted octanol–water partition coefficient (Wildman–Crippen LogP) is 1.39. The first-order valence-corrected chi connectivity index (χ1v) is 9.10. The Labute approximate surface area is 158 Å². The van der Waals surface area contributed by atoms with E-state index in [9.17, 15) is 27.9 Å². The molecule has 1 aromatic rings. The number of H-pyrrole nitrogens is 1. The number of nitrogens with zero attached hydrogens (tertiary/aromatic N) is 2. The lowest BCUT2D eigenvalue weighted by molar-refractivity contribution is -0.144. The Balaban J connectivity index is 1.70. The number of aliphatic carboxylic acids is 1. The Kier molecular flexibility index (Phi) is 5.94. The molecule has 1 aliphatic carbocycles. The lowest BCUT2D eigenvalue weighted by atomic mass is 9.87. The van der Waals surface area contributed by atoms with Gasteiger partial charge in [-0.25, -0.2) is 5.10 Å². The van der Waals surface area contributed by atoms with Crippen molar-refractivity contribution in [3.8, 4) is 0 Å². The van der Waals surface area contributed by atoms with E-state index in [1.807, 2.05) is 0 Å². The molecule has 0 spiro atoms. The van der Waals surface area contributed by atoms with Crippen LogP contribution in [0.15, 0.2) is 11.0 Å². The molecule has 8 nitrogen and oxygen atoms in total. The van der Waals surface area contributed by atoms with Gasteiger partial charge in [-0.3, -0.25) is 9.59 Å². The summed E-state index contributed by atoms with van der Waals surface area (Å²) in [5, 5.41) is 24.3. The summed E-state index contributed by atoms with van der Waals surface area (Å²) in [6.45, 7) is 0.0115. The average Bonchev–Trinajstić information content (AvgIpc) is 2.99. The first-order chi connectivity index (χ1) is 13.2. The van der Waals surface area contributed by atoms with Crippen LogP contribution in [-0.4, -0.2) is 57.8 Å². The molecule has 3 rings (SSSR count). The van der Waals surface area contributed by atoms with Crippen LogP contribution in [0.4, 0.5) is 18.9 Å². The molecule has 0 bridgehead atoms. The largest absolute Gasteiger partial charge is 0.481 e. The second-order valence-corrected chi connectivity index (χ2v) is 7.30. The number of anilines is 1. The van der Waals surface area contributed by atoms with Crippen molar-refractivity contribution in [2.24, 2.45) is 5.92 Å². The zero-order valence-electron chi connectivity index (χ0n) is 15.0. The van der Waals surface area contributed by atoms with Gasteiger partial charge >= 0.3 is 12.1 Å². The molecule has 2 aliphatic rings. The molecule has 0 radical (unpaired) electrons. The number of alkyl halides is 3. The highest BCUT2D eigenvalue weighted by Gasteiger charge is 2.42. The SMILES string of the molecule is O=C(O)C1CCC(OC[C@@H]2C[C@@H](O)CN2c2cn[nH]c(=O)c2C(F)(F)F)CC1. The summed E-state index contributed by atoms with van der Waals surface area (Å²) in [6.07, 6.45) is -2.63. The van der Waals surface area contributed by atoms with Crippen LogP contribution in [0.3, 0.4) is 0 Å². The van der Waals surface area contributed by atoms with Gasteiger partial charge in [-0.05, 0) is 32.1 Å². The van der Waals surface area contributed by atoms with Gasteiger partial charge in [0.25, 0.3) is 5.56 Å². The fourth-order valence-electron chi connectivity index (χ4n) is 3.95. The maximum atomic E-state index is 13.3. The molecule has 1 aliphatic heterocycles. The van der Waals surface area contributed by atoms with Crippen molar-refractivity contribution in [3.63, 3.8) is 0 Å². The van der Waals surface area contributed by atoms with E-state index >= 15 is 0 Å². The highest BCUT2D eigenvalue weighted by atomic mass is 19.4. The second kappa shape index (κ2) is 8.08. The Morgan fingerprint density at radius 2 is 2.00 bits per heavy atom. The fraction of sp³-hybridized carbons (Fsp3) is 0.706. The number of aliphatic hydroxyl groups is 1. The number of carbonyl (C=O) groups is 1. The number of hydrogen-bond donors (Lipinski definition) is 3. The number of nitrogens with one attached hydrogen (secondary N) is 1. The third-order valence-electron chi connectivity index (χ3n) is 5.37. The van der Waals surface area contributed by atoms with Crippen LogP contribution in [-0.2, 0) is 15.7 Å². The number of aliphatic hydroxyl groups excluding tert-OH is 1. The summed E-state index contributed by atoms with van der Waals surface area (Å²) in [4.78, 5) is 24.0. The molecule has 1 saturated heterocycles. The number of aromatic nitrogens is 2. The molecular formula is C17H22F3N3O5. The van der Waals surface area contributed by atoms with E-state index in [0.29, 0.717) is 25.7 Å². The van der Waals surface area contributed by atoms with E-state index < -0.39 is 35.4 Å². The van der Waals surface area contributed by atoms with Gasteiger partial charge in [0.15, 0.2) is 0 Å². The Bertz CT molecular complexity index is 761. The molecular weight excluding hydrogens is 383 g/mol. The summed E-state index contributed by atoms with van der Waals surface area (Å²) < 4.78 is 45.9. The maximum Gasteiger partial charge on any atom is 0.423 e. The van der Waals surface area contributed by atoms with Crippen LogP contribution in [0, 0.1) is 5.92 Å². The van der Waals surface area contributed by atoms with Gasteiger partial charge in [-0.2, -0.15) is 18.3 Å². The van der Waals surface area contributed by atoms with Gasteiger partial charge in [-0.1, -0.05) is 0 Å². The van der Waals surface area contributed by atoms with Crippen molar-refractivity contribution in [2.75, 3.05) is 18.1 Å². The Hall–Kier alpha value is -2.14. The minimum atomic E-state index is -4.86. The quantitative estimate of drug-likeness (QED) is 0.678. The van der Waals surface area contributed by atoms with Crippen LogP contribution < -0.4 is 10.5 Å². The lowest BCUT2D eigenvalue weighted by Gasteiger charge is -2.31. The molecule has 1 saturated carbocycles. The van der Waals surface area contributed by atoms with E-state index in [2.05, 4.69) is 5.10 Å². The van der Waals surface area contributed by atoms with E-state index in [-0.39, 0.29) is 37.3 Å². The lowest BCUT2D eigenvalue weighted by Crippen LogP contribution is -2.38. The minimum Gasteiger partial charge on any atom is -0.481 e. The fourth-order valence-corrected chi connectivity index (χ4v) is 3.95. The van der Waals surface area contributed by atoms with Crippen molar-refractivity contribution in [1.29, 1.82) is 0 Å². The number of halogens is 3. The molecule has 1 aromatic heterocycles. The number of rotatable bonds is 5. The van der Waals surface area contributed by atoms with E-state index in [1.165, 1.54) is 4.90 Å².